The van der Waals surface area contributed by atoms with E-state index in [2.05, 4.69) is 0 Å². The maximum absolute atomic E-state index is 12.5. The van der Waals surface area contributed by atoms with Gasteiger partial charge in [-0.1, -0.05) is 42.5 Å². The second-order valence-electron chi connectivity index (χ2n) is 6.44. The smallest absolute Gasteiger partial charge is 0.267 e. The predicted octanol–water partition coefficient (Wildman–Crippen LogP) is 3.19. The van der Waals surface area contributed by atoms with Crippen molar-refractivity contribution in [1.82, 2.24) is 10.0 Å². The number of amides is 1. The van der Waals surface area contributed by atoms with Crippen molar-refractivity contribution < 1.29 is 14.7 Å². The number of nitrogens with zero attached hydrogens (tertiary/aromatic N) is 1. The van der Waals surface area contributed by atoms with E-state index < -0.39 is 5.91 Å². The molecule has 2 aromatic carbocycles. The van der Waals surface area contributed by atoms with Crippen LogP contribution < -0.4 is 15.8 Å². The molecule has 3 aromatic rings. The lowest BCUT2D eigenvalue weighted by Gasteiger charge is -2.10. The van der Waals surface area contributed by atoms with Gasteiger partial charge in [-0.3, -0.25) is 14.8 Å². The van der Waals surface area contributed by atoms with Crippen LogP contribution in [0.4, 0.5) is 0 Å². The Morgan fingerprint density at radius 3 is 2.62 bits per heavy atom. The third-order valence-electron chi connectivity index (χ3n) is 4.36. The number of ether oxygens (including phenoxy) is 1. The zero-order chi connectivity index (χ0) is 20.5. The van der Waals surface area contributed by atoms with Crippen LogP contribution in [0.3, 0.4) is 0 Å². The maximum Gasteiger partial charge on any atom is 0.267 e. The Kier molecular flexibility index (Phi) is 6.97. The van der Waals surface area contributed by atoms with Crippen LogP contribution in [0.5, 0.6) is 5.75 Å². The van der Waals surface area contributed by atoms with E-state index in [9.17, 15) is 9.59 Å². The Balaban J connectivity index is 1.63. The molecule has 148 valence electrons. The van der Waals surface area contributed by atoms with Gasteiger partial charge in [0.15, 0.2) is 0 Å². The molecule has 0 saturated carbocycles. The Morgan fingerprint density at radius 1 is 1.03 bits per heavy atom. The molecule has 0 unspecified atom stereocenters. The molecule has 0 bridgehead atoms. The van der Waals surface area contributed by atoms with Gasteiger partial charge < -0.3 is 9.30 Å². The fourth-order valence-electron chi connectivity index (χ4n) is 2.84. The highest BCUT2D eigenvalue weighted by Crippen LogP contribution is 2.16. The molecule has 1 heterocycles. The molecule has 0 saturated heterocycles. The average Bonchev–Trinajstić information content (AvgIpc) is 2.77. The van der Waals surface area contributed by atoms with Gasteiger partial charge in [0, 0.05) is 24.4 Å². The summed E-state index contributed by atoms with van der Waals surface area (Å²) in [4.78, 5) is 23.6. The van der Waals surface area contributed by atoms with E-state index in [1.54, 1.807) is 22.9 Å². The first-order chi connectivity index (χ1) is 14.2. The van der Waals surface area contributed by atoms with Crippen LogP contribution in [0.1, 0.15) is 16.7 Å². The fraction of sp³-hybridized carbons (Fsp3) is 0.130. The normalized spacial score (nSPS) is 10.8. The first kappa shape index (κ1) is 20.1. The number of hydroxylamine groups is 1. The van der Waals surface area contributed by atoms with E-state index in [1.165, 1.54) is 11.6 Å². The standard InChI is InChI=1S/C23H22N2O4/c26-22(24-28)12-11-20-9-5-14-25(23(20)27)15-13-18-8-4-10-21(16-18)29-17-19-6-2-1-3-7-19/h1-12,14,16,28H,13,15,17H2,(H,24,26)/b12-11+. The van der Waals surface area contributed by atoms with E-state index in [-0.39, 0.29) is 5.56 Å². The zero-order valence-electron chi connectivity index (χ0n) is 15.8. The summed E-state index contributed by atoms with van der Waals surface area (Å²) in [5, 5.41) is 8.53. The first-order valence-corrected chi connectivity index (χ1v) is 9.23. The van der Waals surface area contributed by atoms with Crippen LogP contribution in [0.25, 0.3) is 6.08 Å². The van der Waals surface area contributed by atoms with E-state index in [1.807, 2.05) is 54.6 Å². The van der Waals surface area contributed by atoms with Gasteiger partial charge in [-0.2, -0.15) is 0 Å². The molecule has 0 radical (unpaired) electrons. The van der Waals surface area contributed by atoms with Crippen molar-refractivity contribution in [2.75, 3.05) is 0 Å². The van der Waals surface area contributed by atoms with Gasteiger partial charge in [0.05, 0.1) is 0 Å². The molecule has 1 aromatic heterocycles. The molecule has 0 atom stereocenters. The summed E-state index contributed by atoms with van der Waals surface area (Å²) in [7, 11) is 0. The molecule has 0 aliphatic heterocycles. The van der Waals surface area contributed by atoms with Crippen molar-refractivity contribution in [3.8, 4) is 5.75 Å². The topological polar surface area (TPSA) is 80.6 Å². The van der Waals surface area contributed by atoms with Crippen molar-refractivity contribution in [2.24, 2.45) is 0 Å². The van der Waals surface area contributed by atoms with Gasteiger partial charge >= 0.3 is 0 Å². The number of rotatable bonds is 8. The van der Waals surface area contributed by atoms with Crippen LogP contribution in [-0.2, 0) is 24.4 Å². The third-order valence-corrected chi connectivity index (χ3v) is 4.36. The fourth-order valence-corrected chi connectivity index (χ4v) is 2.84. The molecule has 29 heavy (non-hydrogen) atoms. The summed E-state index contributed by atoms with van der Waals surface area (Å²) in [6.07, 6.45) is 4.85. The number of hydrogen-bond acceptors (Lipinski definition) is 4. The average molecular weight is 390 g/mol. The minimum Gasteiger partial charge on any atom is -0.489 e. The molecule has 0 aliphatic rings. The zero-order valence-corrected chi connectivity index (χ0v) is 15.8. The van der Waals surface area contributed by atoms with Crippen molar-refractivity contribution >= 4 is 12.0 Å². The lowest BCUT2D eigenvalue weighted by Crippen LogP contribution is -2.22. The number of carbonyl (C=O) groups excluding carboxylic acids is 1. The highest BCUT2D eigenvalue weighted by Gasteiger charge is 2.03. The summed E-state index contributed by atoms with van der Waals surface area (Å²) in [6, 6.07) is 21.1. The number of pyridine rings is 1. The van der Waals surface area contributed by atoms with Crippen molar-refractivity contribution in [2.45, 2.75) is 19.6 Å². The van der Waals surface area contributed by atoms with E-state index in [4.69, 9.17) is 9.94 Å². The number of aromatic nitrogens is 1. The Morgan fingerprint density at radius 2 is 1.83 bits per heavy atom. The molecule has 6 heteroatoms. The number of benzene rings is 2. The van der Waals surface area contributed by atoms with Crippen LogP contribution in [0.2, 0.25) is 0 Å². The second-order valence-corrected chi connectivity index (χ2v) is 6.44. The summed E-state index contributed by atoms with van der Waals surface area (Å²) in [5.74, 6) is 0.0949. The Bertz CT molecular complexity index is 1040. The monoisotopic (exact) mass is 390 g/mol. The van der Waals surface area contributed by atoms with E-state index in [0.717, 1.165) is 23.0 Å². The van der Waals surface area contributed by atoms with Gasteiger partial charge in [0.1, 0.15) is 12.4 Å². The largest absolute Gasteiger partial charge is 0.489 e. The van der Waals surface area contributed by atoms with E-state index in [0.29, 0.717) is 25.1 Å². The van der Waals surface area contributed by atoms with Gasteiger partial charge in [0.25, 0.3) is 11.5 Å². The van der Waals surface area contributed by atoms with Gasteiger partial charge in [-0.05, 0) is 47.9 Å². The predicted molar refractivity (Wildman–Crippen MR) is 111 cm³/mol. The first-order valence-electron chi connectivity index (χ1n) is 9.23. The molecule has 1 amide bonds. The molecule has 0 spiro atoms. The van der Waals surface area contributed by atoms with Crippen LogP contribution in [0, 0.1) is 0 Å². The van der Waals surface area contributed by atoms with Crippen LogP contribution in [0.15, 0.2) is 83.8 Å². The lowest BCUT2D eigenvalue weighted by molar-refractivity contribution is -0.124. The summed E-state index contributed by atoms with van der Waals surface area (Å²) in [6.45, 7) is 0.994. The molecule has 6 nitrogen and oxygen atoms in total. The van der Waals surface area contributed by atoms with Gasteiger partial charge in [-0.25, -0.2) is 5.48 Å². The summed E-state index contributed by atoms with van der Waals surface area (Å²) < 4.78 is 7.45. The number of nitrogens with one attached hydrogen (secondary N) is 1. The Labute approximate surface area is 168 Å². The second kappa shape index (κ2) is 10.1. The van der Waals surface area contributed by atoms with Crippen molar-refractivity contribution in [1.29, 1.82) is 0 Å². The molecular formula is C23H22N2O4. The van der Waals surface area contributed by atoms with E-state index >= 15 is 0 Å². The summed E-state index contributed by atoms with van der Waals surface area (Å²) >= 11 is 0. The Hall–Kier alpha value is -3.64. The third kappa shape index (κ3) is 5.92. The maximum atomic E-state index is 12.5. The number of carbonyl (C=O) groups is 1. The minimum absolute atomic E-state index is 0.203. The molecular weight excluding hydrogens is 368 g/mol. The molecule has 2 N–H and O–H groups in total. The minimum atomic E-state index is -0.688. The molecule has 3 rings (SSSR count). The van der Waals surface area contributed by atoms with Crippen LogP contribution in [-0.4, -0.2) is 15.7 Å². The quantitative estimate of drug-likeness (QED) is 0.352. The van der Waals surface area contributed by atoms with Gasteiger partial charge in [0.2, 0.25) is 0 Å². The molecule has 0 aliphatic carbocycles. The van der Waals surface area contributed by atoms with Crippen LogP contribution >= 0.6 is 0 Å². The number of aryl methyl sites for hydroxylation is 2. The van der Waals surface area contributed by atoms with Gasteiger partial charge in [-0.15, -0.1) is 0 Å². The lowest BCUT2D eigenvalue weighted by atomic mass is 10.1. The highest BCUT2D eigenvalue weighted by atomic mass is 16.5. The summed E-state index contributed by atoms with van der Waals surface area (Å²) in [5.41, 5.74) is 3.82. The SMILES string of the molecule is O=C(/C=C/c1cccn(CCc2cccc(OCc3ccccc3)c2)c1=O)NO. The van der Waals surface area contributed by atoms with Crippen molar-refractivity contribution in [3.63, 3.8) is 0 Å². The molecule has 0 fully saturated rings. The van der Waals surface area contributed by atoms with Crippen molar-refractivity contribution in [3.05, 3.63) is 106 Å². The highest BCUT2D eigenvalue weighted by molar-refractivity contribution is 5.90. The number of hydrogen-bond donors (Lipinski definition) is 2.